The maximum absolute atomic E-state index is 12.2. The van der Waals surface area contributed by atoms with E-state index in [9.17, 15) is 9.59 Å². The number of nitrogens with one attached hydrogen (secondary N) is 1. The molecule has 0 saturated carbocycles. The van der Waals surface area contributed by atoms with Crippen LogP contribution in [-0.4, -0.2) is 29.3 Å². The molecule has 20 heavy (non-hydrogen) atoms. The van der Waals surface area contributed by atoms with Crippen molar-refractivity contribution in [1.29, 1.82) is 0 Å². The molecule has 1 aromatic carbocycles. The molecule has 1 fully saturated rings. The van der Waals surface area contributed by atoms with Gasteiger partial charge in [-0.3, -0.25) is 14.5 Å². The molecule has 108 valence electrons. The van der Waals surface area contributed by atoms with Gasteiger partial charge in [0.05, 0.1) is 6.42 Å². The Hall–Kier alpha value is -1.84. The summed E-state index contributed by atoms with van der Waals surface area (Å²) in [5.41, 5.74) is 4.39. The number of carbonyl (C=O) groups excluding carboxylic acids is 2. The van der Waals surface area contributed by atoms with E-state index >= 15 is 0 Å². The first kappa shape index (κ1) is 14.6. The Morgan fingerprint density at radius 3 is 2.35 bits per heavy atom. The van der Waals surface area contributed by atoms with Gasteiger partial charge in [-0.1, -0.05) is 24.6 Å². The number of hydrogen-bond acceptors (Lipinski definition) is 3. The highest BCUT2D eigenvalue weighted by Gasteiger charge is 2.38. The van der Waals surface area contributed by atoms with Gasteiger partial charge in [0.2, 0.25) is 5.91 Å². The molecular weight excluding hydrogens is 252 g/mol. The molecule has 4 nitrogen and oxygen atoms in total. The van der Waals surface area contributed by atoms with Crippen molar-refractivity contribution in [2.45, 2.75) is 46.6 Å². The normalized spacial score (nSPS) is 18.8. The van der Waals surface area contributed by atoms with Gasteiger partial charge in [-0.15, -0.1) is 0 Å². The van der Waals surface area contributed by atoms with Crippen LogP contribution in [0.15, 0.2) is 12.1 Å². The zero-order chi connectivity index (χ0) is 14.9. The molecule has 2 rings (SSSR count). The van der Waals surface area contributed by atoms with Gasteiger partial charge in [0.15, 0.2) is 0 Å². The lowest BCUT2D eigenvalue weighted by atomic mass is 10.0. The Bertz CT molecular complexity index is 528. The first-order valence-electron chi connectivity index (χ1n) is 7.12. The average molecular weight is 274 g/mol. The number of likely N-dealkylation sites (tertiary alicyclic amines) is 1. The predicted octanol–water partition coefficient (Wildman–Crippen LogP) is 2.56. The van der Waals surface area contributed by atoms with Crippen LogP contribution in [0.1, 0.15) is 36.5 Å². The number of hydrogen-bond donors (Lipinski definition) is 1. The zero-order valence-corrected chi connectivity index (χ0v) is 12.6. The molecule has 0 radical (unpaired) electrons. The molecule has 0 bridgehead atoms. The molecule has 1 saturated heterocycles. The molecular formula is C16H22N2O2. The standard InChI is InChI=1S/C16H22N2O2/c1-5-6-18-14(19)9-13(16(18)20)17-15-11(3)7-10(2)8-12(15)4/h7-8,13,17H,5-6,9H2,1-4H3. The average Bonchev–Trinajstić information content (AvgIpc) is 2.62. The Morgan fingerprint density at radius 1 is 1.20 bits per heavy atom. The van der Waals surface area contributed by atoms with Crippen LogP contribution in [0.25, 0.3) is 0 Å². The van der Waals surface area contributed by atoms with E-state index in [0.29, 0.717) is 6.54 Å². The summed E-state index contributed by atoms with van der Waals surface area (Å²) in [6.45, 7) is 8.58. The summed E-state index contributed by atoms with van der Waals surface area (Å²) >= 11 is 0. The van der Waals surface area contributed by atoms with Crippen LogP contribution in [0.2, 0.25) is 0 Å². The Morgan fingerprint density at radius 2 is 1.80 bits per heavy atom. The highest BCUT2D eigenvalue weighted by molar-refractivity contribution is 6.06. The SMILES string of the molecule is CCCN1C(=O)CC(Nc2c(C)cc(C)cc2C)C1=O. The number of rotatable bonds is 4. The van der Waals surface area contributed by atoms with E-state index in [4.69, 9.17) is 0 Å². The predicted molar refractivity (Wildman–Crippen MR) is 79.7 cm³/mol. The smallest absolute Gasteiger partial charge is 0.252 e. The summed E-state index contributed by atoms with van der Waals surface area (Å²) < 4.78 is 0. The largest absolute Gasteiger partial charge is 0.373 e. The van der Waals surface area contributed by atoms with Crippen LogP contribution >= 0.6 is 0 Å². The van der Waals surface area contributed by atoms with Gasteiger partial charge < -0.3 is 5.32 Å². The van der Waals surface area contributed by atoms with Crippen LogP contribution in [0.3, 0.4) is 0 Å². The van der Waals surface area contributed by atoms with E-state index in [1.54, 1.807) is 0 Å². The molecule has 2 amide bonds. The molecule has 1 aliphatic rings. The lowest BCUT2D eigenvalue weighted by Gasteiger charge is -2.18. The van der Waals surface area contributed by atoms with Gasteiger partial charge in [-0.25, -0.2) is 0 Å². The van der Waals surface area contributed by atoms with Crippen molar-refractivity contribution in [3.05, 3.63) is 28.8 Å². The number of aryl methyl sites for hydroxylation is 3. The summed E-state index contributed by atoms with van der Waals surface area (Å²) in [7, 11) is 0. The maximum Gasteiger partial charge on any atom is 0.252 e. The quantitative estimate of drug-likeness (QED) is 0.858. The highest BCUT2D eigenvalue weighted by Crippen LogP contribution is 2.25. The minimum Gasteiger partial charge on any atom is -0.373 e. The lowest BCUT2D eigenvalue weighted by molar-refractivity contribution is -0.138. The topological polar surface area (TPSA) is 49.4 Å². The summed E-state index contributed by atoms with van der Waals surface area (Å²) in [5.74, 6) is -0.173. The van der Waals surface area contributed by atoms with Gasteiger partial charge in [-0.2, -0.15) is 0 Å². The second kappa shape index (κ2) is 5.65. The number of imide groups is 1. The molecule has 1 atom stereocenters. The maximum atomic E-state index is 12.2. The minimum atomic E-state index is -0.422. The second-order valence-electron chi connectivity index (χ2n) is 5.56. The van der Waals surface area contributed by atoms with Gasteiger partial charge in [0, 0.05) is 12.2 Å². The number of benzene rings is 1. The molecule has 1 unspecified atom stereocenters. The van der Waals surface area contributed by atoms with Crippen LogP contribution in [-0.2, 0) is 9.59 Å². The third kappa shape index (κ3) is 2.69. The van der Waals surface area contributed by atoms with E-state index in [-0.39, 0.29) is 18.2 Å². The van der Waals surface area contributed by atoms with Crippen molar-refractivity contribution in [2.75, 3.05) is 11.9 Å². The van der Waals surface area contributed by atoms with Crippen molar-refractivity contribution in [3.8, 4) is 0 Å². The van der Waals surface area contributed by atoms with Crippen molar-refractivity contribution in [2.24, 2.45) is 0 Å². The van der Waals surface area contributed by atoms with Crippen molar-refractivity contribution in [3.63, 3.8) is 0 Å². The second-order valence-corrected chi connectivity index (χ2v) is 5.56. The molecule has 1 aromatic rings. The molecule has 0 aromatic heterocycles. The zero-order valence-electron chi connectivity index (χ0n) is 12.6. The van der Waals surface area contributed by atoms with Crippen LogP contribution in [0, 0.1) is 20.8 Å². The van der Waals surface area contributed by atoms with Gasteiger partial charge >= 0.3 is 0 Å². The molecule has 0 spiro atoms. The van der Waals surface area contributed by atoms with Crippen molar-refractivity contribution < 1.29 is 9.59 Å². The number of nitrogens with zero attached hydrogens (tertiary/aromatic N) is 1. The fraction of sp³-hybridized carbons (Fsp3) is 0.500. The first-order valence-corrected chi connectivity index (χ1v) is 7.12. The Labute approximate surface area is 120 Å². The number of carbonyl (C=O) groups is 2. The minimum absolute atomic E-state index is 0.0724. The summed E-state index contributed by atoms with van der Waals surface area (Å²) in [4.78, 5) is 25.5. The molecule has 1 N–H and O–H groups in total. The van der Waals surface area contributed by atoms with Gasteiger partial charge in [-0.05, 0) is 38.3 Å². The molecule has 0 aliphatic carbocycles. The lowest BCUT2D eigenvalue weighted by Crippen LogP contribution is -2.35. The number of amides is 2. The third-order valence-corrected chi connectivity index (χ3v) is 3.69. The van der Waals surface area contributed by atoms with Crippen LogP contribution < -0.4 is 5.32 Å². The summed E-state index contributed by atoms with van der Waals surface area (Å²) in [5, 5.41) is 3.26. The van der Waals surface area contributed by atoms with Gasteiger partial charge in [0.25, 0.3) is 5.91 Å². The molecule has 4 heteroatoms. The third-order valence-electron chi connectivity index (χ3n) is 3.69. The van der Waals surface area contributed by atoms with E-state index in [2.05, 4.69) is 24.4 Å². The highest BCUT2D eigenvalue weighted by atomic mass is 16.2. The van der Waals surface area contributed by atoms with E-state index < -0.39 is 6.04 Å². The van der Waals surface area contributed by atoms with E-state index in [1.807, 2.05) is 20.8 Å². The first-order chi connectivity index (χ1) is 9.43. The van der Waals surface area contributed by atoms with Crippen LogP contribution in [0.5, 0.6) is 0 Å². The monoisotopic (exact) mass is 274 g/mol. The number of anilines is 1. The van der Waals surface area contributed by atoms with Crippen molar-refractivity contribution in [1.82, 2.24) is 4.90 Å². The molecule has 1 heterocycles. The molecule has 1 aliphatic heterocycles. The van der Waals surface area contributed by atoms with E-state index in [0.717, 1.165) is 23.2 Å². The van der Waals surface area contributed by atoms with Crippen LogP contribution in [0.4, 0.5) is 5.69 Å². The Balaban J connectivity index is 2.20. The fourth-order valence-corrected chi connectivity index (χ4v) is 2.84. The van der Waals surface area contributed by atoms with Crippen molar-refractivity contribution >= 4 is 17.5 Å². The van der Waals surface area contributed by atoms with E-state index in [1.165, 1.54) is 10.5 Å². The summed E-state index contributed by atoms with van der Waals surface area (Å²) in [6.07, 6.45) is 1.05. The van der Waals surface area contributed by atoms with Gasteiger partial charge in [0.1, 0.15) is 6.04 Å². The summed E-state index contributed by atoms with van der Waals surface area (Å²) in [6, 6.07) is 3.75. The Kier molecular flexibility index (Phi) is 4.12. The fourth-order valence-electron chi connectivity index (χ4n) is 2.84.